The Balaban J connectivity index is 2.04. The molecule has 0 N–H and O–H groups in total. The number of carbonyl (C=O) groups excluding carboxylic acids is 1. The van der Waals surface area contributed by atoms with E-state index in [1.165, 1.54) is 0 Å². The van der Waals surface area contributed by atoms with E-state index in [2.05, 4.69) is 4.74 Å². The van der Waals surface area contributed by atoms with Crippen molar-refractivity contribution in [2.75, 3.05) is 26.4 Å². The molecule has 0 saturated carbocycles. The van der Waals surface area contributed by atoms with Crippen LogP contribution in [0.15, 0.2) is 0 Å². The van der Waals surface area contributed by atoms with Gasteiger partial charge >= 0.3 is 12.1 Å². The first-order chi connectivity index (χ1) is 7.97. The highest BCUT2D eigenvalue weighted by atomic mass is 19.4. The van der Waals surface area contributed by atoms with E-state index in [4.69, 9.17) is 9.47 Å². The first-order valence-electron chi connectivity index (χ1n) is 5.39. The zero-order valence-electron chi connectivity index (χ0n) is 9.29. The van der Waals surface area contributed by atoms with Gasteiger partial charge in [0, 0.05) is 6.61 Å². The predicted octanol–water partition coefficient (Wildman–Crippen LogP) is 1.68. The van der Waals surface area contributed by atoms with Gasteiger partial charge in [-0.2, -0.15) is 13.2 Å². The summed E-state index contributed by atoms with van der Waals surface area (Å²) in [5.74, 6) is -0.802. The molecule has 1 unspecified atom stereocenters. The van der Waals surface area contributed by atoms with Crippen LogP contribution < -0.4 is 0 Å². The maximum atomic E-state index is 11.7. The number of hydrogen-bond donors (Lipinski definition) is 0. The number of halogens is 3. The highest BCUT2D eigenvalue weighted by Gasteiger charge is 2.28. The molecule has 0 bridgehead atoms. The number of alkyl halides is 3. The van der Waals surface area contributed by atoms with Gasteiger partial charge in [0.1, 0.15) is 19.8 Å². The van der Waals surface area contributed by atoms with Crippen LogP contribution in [0.1, 0.15) is 19.3 Å². The van der Waals surface area contributed by atoms with Crippen molar-refractivity contribution in [1.82, 2.24) is 0 Å². The molecule has 1 aliphatic heterocycles. The average molecular weight is 256 g/mol. The molecule has 1 fully saturated rings. The molecular weight excluding hydrogens is 241 g/mol. The Labute approximate surface area is 97.0 Å². The van der Waals surface area contributed by atoms with E-state index >= 15 is 0 Å². The molecule has 1 rings (SSSR count). The molecule has 1 saturated heterocycles. The lowest BCUT2D eigenvalue weighted by atomic mass is 10.1. The average Bonchev–Trinajstić information content (AvgIpc) is 2.26. The topological polar surface area (TPSA) is 44.8 Å². The summed E-state index contributed by atoms with van der Waals surface area (Å²) in [6, 6.07) is 0. The molecule has 1 atom stereocenters. The van der Waals surface area contributed by atoms with E-state index in [9.17, 15) is 18.0 Å². The van der Waals surface area contributed by atoms with Gasteiger partial charge in [-0.05, 0) is 19.3 Å². The molecule has 0 aromatic rings. The van der Waals surface area contributed by atoms with Gasteiger partial charge in [-0.25, -0.2) is 4.79 Å². The van der Waals surface area contributed by atoms with Crippen molar-refractivity contribution in [3.05, 3.63) is 0 Å². The second-order valence-electron chi connectivity index (χ2n) is 3.78. The lowest BCUT2D eigenvalue weighted by molar-refractivity contribution is -0.182. The van der Waals surface area contributed by atoms with Gasteiger partial charge in [-0.15, -0.1) is 0 Å². The molecule has 1 heterocycles. The fraction of sp³-hybridized carbons (Fsp3) is 0.900. The molecule has 0 aliphatic carbocycles. The van der Waals surface area contributed by atoms with Crippen LogP contribution in [0.5, 0.6) is 0 Å². The molecule has 0 aromatic heterocycles. The van der Waals surface area contributed by atoms with Crippen LogP contribution >= 0.6 is 0 Å². The third-order valence-electron chi connectivity index (χ3n) is 2.19. The van der Waals surface area contributed by atoms with Crippen molar-refractivity contribution in [1.29, 1.82) is 0 Å². The standard InChI is InChI=1S/C10H15F3O4/c11-10(12,13)7-15-6-9(14)17-5-8-3-1-2-4-16-8/h8H,1-7H2. The third-order valence-corrected chi connectivity index (χ3v) is 2.19. The van der Waals surface area contributed by atoms with Gasteiger partial charge in [0.25, 0.3) is 0 Å². The maximum absolute atomic E-state index is 11.7. The Kier molecular flexibility index (Phi) is 5.70. The minimum atomic E-state index is -4.42. The largest absolute Gasteiger partial charge is 0.461 e. The normalized spacial score (nSPS) is 21.2. The Hall–Kier alpha value is -0.820. The number of ether oxygens (including phenoxy) is 3. The molecule has 100 valence electrons. The first-order valence-corrected chi connectivity index (χ1v) is 5.39. The van der Waals surface area contributed by atoms with E-state index in [1.54, 1.807) is 0 Å². The summed E-state index contributed by atoms with van der Waals surface area (Å²) >= 11 is 0. The number of hydrogen-bond acceptors (Lipinski definition) is 4. The van der Waals surface area contributed by atoms with E-state index in [1.807, 2.05) is 0 Å². The zero-order valence-corrected chi connectivity index (χ0v) is 9.29. The summed E-state index contributed by atoms with van der Waals surface area (Å²) in [7, 11) is 0. The molecule has 0 aromatic carbocycles. The van der Waals surface area contributed by atoms with E-state index < -0.39 is 25.4 Å². The van der Waals surface area contributed by atoms with Gasteiger partial charge in [-0.1, -0.05) is 0 Å². The monoisotopic (exact) mass is 256 g/mol. The van der Waals surface area contributed by atoms with Crippen molar-refractivity contribution < 1.29 is 32.2 Å². The van der Waals surface area contributed by atoms with Gasteiger partial charge in [0.05, 0.1) is 6.10 Å². The summed E-state index contributed by atoms with van der Waals surface area (Å²) in [4.78, 5) is 11.0. The van der Waals surface area contributed by atoms with Crippen molar-refractivity contribution in [3.63, 3.8) is 0 Å². The summed E-state index contributed by atoms with van der Waals surface area (Å²) in [6.07, 6.45) is -1.77. The molecule has 0 radical (unpaired) electrons. The maximum Gasteiger partial charge on any atom is 0.411 e. The van der Waals surface area contributed by atoms with Crippen molar-refractivity contribution >= 4 is 5.97 Å². The van der Waals surface area contributed by atoms with E-state index in [0.29, 0.717) is 6.61 Å². The Morgan fingerprint density at radius 3 is 2.71 bits per heavy atom. The SMILES string of the molecule is O=C(COCC(F)(F)F)OCC1CCCCO1. The molecule has 1 aliphatic rings. The highest BCUT2D eigenvalue weighted by Crippen LogP contribution is 2.15. The van der Waals surface area contributed by atoms with Crippen molar-refractivity contribution in [3.8, 4) is 0 Å². The molecular formula is C10H15F3O4. The summed E-state index contributed by atoms with van der Waals surface area (Å²) in [5.41, 5.74) is 0. The molecule has 0 spiro atoms. The number of carbonyl (C=O) groups is 1. The van der Waals surface area contributed by atoms with Gasteiger partial charge < -0.3 is 14.2 Å². The van der Waals surface area contributed by atoms with Crippen LogP contribution in [0.25, 0.3) is 0 Å². The van der Waals surface area contributed by atoms with Crippen molar-refractivity contribution in [2.24, 2.45) is 0 Å². The fourth-order valence-electron chi connectivity index (χ4n) is 1.42. The van der Waals surface area contributed by atoms with Crippen LogP contribution in [0.2, 0.25) is 0 Å². The highest BCUT2D eigenvalue weighted by molar-refractivity contribution is 5.70. The van der Waals surface area contributed by atoms with Crippen LogP contribution in [-0.4, -0.2) is 44.7 Å². The number of esters is 1. The van der Waals surface area contributed by atoms with E-state index in [-0.39, 0.29) is 12.7 Å². The second-order valence-corrected chi connectivity index (χ2v) is 3.78. The lowest BCUT2D eigenvalue weighted by Gasteiger charge is -2.22. The molecule has 4 nitrogen and oxygen atoms in total. The van der Waals surface area contributed by atoms with Crippen molar-refractivity contribution in [2.45, 2.75) is 31.5 Å². The quantitative estimate of drug-likeness (QED) is 0.702. The Morgan fingerprint density at radius 1 is 1.35 bits per heavy atom. The Morgan fingerprint density at radius 2 is 2.12 bits per heavy atom. The van der Waals surface area contributed by atoms with Crippen LogP contribution in [0.3, 0.4) is 0 Å². The number of rotatable bonds is 5. The molecule has 0 amide bonds. The third kappa shape index (κ3) is 7.17. The molecule has 7 heteroatoms. The minimum Gasteiger partial charge on any atom is -0.461 e. The zero-order chi connectivity index (χ0) is 12.7. The summed E-state index contributed by atoms with van der Waals surface area (Å²) < 4.78 is 49.2. The van der Waals surface area contributed by atoms with Gasteiger partial charge in [0.15, 0.2) is 0 Å². The smallest absolute Gasteiger partial charge is 0.411 e. The summed E-state index contributed by atoms with van der Waals surface area (Å²) in [6.45, 7) is -1.42. The fourth-order valence-corrected chi connectivity index (χ4v) is 1.42. The minimum absolute atomic E-state index is 0.0776. The lowest BCUT2D eigenvalue weighted by Crippen LogP contribution is -2.28. The second kappa shape index (κ2) is 6.80. The van der Waals surface area contributed by atoms with Gasteiger partial charge in [0.2, 0.25) is 0 Å². The molecule has 17 heavy (non-hydrogen) atoms. The first kappa shape index (κ1) is 14.2. The van der Waals surface area contributed by atoms with Crippen LogP contribution in [0.4, 0.5) is 13.2 Å². The van der Waals surface area contributed by atoms with Crippen LogP contribution in [0, 0.1) is 0 Å². The summed E-state index contributed by atoms with van der Waals surface area (Å²) in [5, 5.41) is 0. The van der Waals surface area contributed by atoms with Crippen LogP contribution in [-0.2, 0) is 19.0 Å². The van der Waals surface area contributed by atoms with Gasteiger partial charge in [-0.3, -0.25) is 0 Å². The Bertz CT molecular complexity index is 236. The predicted molar refractivity (Wildman–Crippen MR) is 51.4 cm³/mol. The van der Waals surface area contributed by atoms with E-state index in [0.717, 1.165) is 19.3 Å².